The summed E-state index contributed by atoms with van der Waals surface area (Å²) in [6.45, 7) is 8.09. The minimum Gasteiger partial charge on any atom is -0.339 e. The van der Waals surface area contributed by atoms with Crippen molar-refractivity contribution in [2.24, 2.45) is 5.92 Å². The van der Waals surface area contributed by atoms with Crippen molar-refractivity contribution < 1.29 is 4.79 Å². The summed E-state index contributed by atoms with van der Waals surface area (Å²) in [5, 5.41) is 5.28. The Labute approximate surface area is 125 Å². The third kappa shape index (κ3) is 2.64. The van der Waals surface area contributed by atoms with Crippen molar-refractivity contribution in [3.63, 3.8) is 0 Å². The van der Waals surface area contributed by atoms with Crippen molar-refractivity contribution in [1.82, 2.24) is 19.7 Å². The Morgan fingerprint density at radius 1 is 1.29 bits per heavy atom. The SMILES string of the molecule is CC1CCN(C(=O)c2cnc3c(cnn3C(C)C)c2)CC1. The van der Waals surface area contributed by atoms with E-state index < -0.39 is 0 Å². The molecule has 1 saturated heterocycles. The van der Waals surface area contributed by atoms with Crippen molar-refractivity contribution in [3.05, 3.63) is 24.0 Å². The molecular weight excluding hydrogens is 264 g/mol. The summed E-state index contributed by atoms with van der Waals surface area (Å²) in [6.07, 6.45) is 5.65. The molecule has 1 amide bonds. The van der Waals surface area contributed by atoms with Crippen molar-refractivity contribution in [3.8, 4) is 0 Å². The van der Waals surface area contributed by atoms with Crippen LogP contribution in [0.3, 0.4) is 0 Å². The first-order chi connectivity index (χ1) is 10.1. The van der Waals surface area contributed by atoms with Crippen LogP contribution in [0, 0.1) is 5.92 Å². The summed E-state index contributed by atoms with van der Waals surface area (Å²) in [5.41, 5.74) is 1.51. The molecule has 21 heavy (non-hydrogen) atoms. The lowest BCUT2D eigenvalue weighted by Crippen LogP contribution is -2.37. The van der Waals surface area contributed by atoms with Gasteiger partial charge in [-0.1, -0.05) is 6.92 Å². The second-order valence-corrected chi connectivity index (χ2v) is 6.29. The van der Waals surface area contributed by atoms with Gasteiger partial charge in [0.05, 0.1) is 11.8 Å². The van der Waals surface area contributed by atoms with Gasteiger partial charge in [0.2, 0.25) is 0 Å². The lowest BCUT2D eigenvalue weighted by molar-refractivity contribution is 0.0697. The van der Waals surface area contributed by atoms with E-state index in [1.165, 1.54) is 0 Å². The Kier molecular flexibility index (Phi) is 3.66. The molecule has 3 rings (SSSR count). The minimum atomic E-state index is 0.0913. The molecule has 1 fully saturated rings. The number of carbonyl (C=O) groups is 1. The number of rotatable bonds is 2. The third-order valence-electron chi connectivity index (χ3n) is 4.24. The fourth-order valence-electron chi connectivity index (χ4n) is 2.83. The number of piperidine rings is 1. The highest BCUT2D eigenvalue weighted by atomic mass is 16.2. The minimum absolute atomic E-state index is 0.0913. The molecule has 5 heteroatoms. The smallest absolute Gasteiger partial charge is 0.255 e. The van der Waals surface area contributed by atoms with Gasteiger partial charge in [-0.2, -0.15) is 5.10 Å². The fourth-order valence-corrected chi connectivity index (χ4v) is 2.83. The summed E-state index contributed by atoms with van der Waals surface area (Å²) in [5.74, 6) is 0.813. The van der Waals surface area contributed by atoms with Gasteiger partial charge in [-0.15, -0.1) is 0 Å². The Morgan fingerprint density at radius 3 is 2.67 bits per heavy atom. The van der Waals surface area contributed by atoms with Gasteiger partial charge in [0.15, 0.2) is 5.65 Å². The maximum Gasteiger partial charge on any atom is 0.255 e. The van der Waals surface area contributed by atoms with E-state index in [1.54, 1.807) is 12.4 Å². The molecule has 0 bridgehead atoms. The number of fused-ring (bicyclic) bond motifs is 1. The van der Waals surface area contributed by atoms with Gasteiger partial charge in [0.25, 0.3) is 5.91 Å². The predicted molar refractivity (Wildman–Crippen MR) is 82.2 cm³/mol. The Morgan fingerprint density at radius 2 is 2.00 bits per heavy atom. The van der Waals surface area contributed by atoms with E-state index in [-0.39, 0.29) is 11.9 Å². The summed E-state index contributed by atoms with van der Waals surface area (Å²) < 4.78 is 1.88. The van der Waals surface area contributed by atoms with Gasteiger partial charge in [0.1, 0.15) is 0 Å². The molecule has 5 nitrogen and oxygen atoms in total. The van der Waals surface area contributed by atoms with Crippen LogP contribution in [-0.4, -0.2) is 38.7 Å². The molecule has 0 unspecified atom stereocenters. The van der Waals surface area contributed by atoms with Crippen LogP contribution in [-0.2, 0) is 0 Å². The van der Waals surface area contributed by atoms with Crippen molar-refractivity contribution in [2.75, 3.05) is 13.1 Å². The van der Waals surface area contributed by atoms with Crippen LogP contribution in [0.25, 0.3) is 11.0 Å². The van der Waals surface area contributed by atoms with E-state index in [0.717, 1.165) is 42.9 Å². The molecule has 112 valence electrons. The number of nitrogens with zero attached hydrogens (tertiary/aromatic N) is 4. The van der Waals surface area contributed by atoms with Gasteiger partial charge in [-0.3, -0.25) is 4.79 Å². The highest BCUT2D eigenvalue weighted by Gasteiger charge is 2.22. The normalized spacial score (nSPS) is 16.9. The highest BCUT2D eigenvalue weighted by Crippen LogP contribution is 2.20. The summed E-state index contributed by atoms with van der Waals surface area (Å²) in [6, 6.07) is 2.18. The van der Waals surface area contributed by atoms with Crippen LogP contribution in [0.2, 0.25) is 0 Å². The second-order valence-electron chi connectivity index (χ2n) is 6.29. The summed E-state index contributed by atoms with van der Waals surface area (Å²) in [4.78, 5) is 18.9. The molecular formula is C16H22N4O. The van der Waals surface area contributed by atoms with Crippen LogP contribution in [0.4, 0.5) is 0 Å². The van der Waals surface area contributed by atoms with E-state index in [2.05, 4.69) is 30.9 Å². The van der Waals surface area contributed by atoms with E-state index >= 15 is 0 Å². The van der Waals surface area contributed by atoms with Gasteiger partial charge < -0.3 is 4.90 Å². The van der Waals surface area contributed by atoms with Crippen molar-refractivity contribution in [2.45, 2.75) is 39.7 Å². The topological polar surface area (TPSA) is 51.0 Å². The molecule has 1 aliphatic heterocycles. The molecule has 1 aliphatic rings. The standard InChI is InChI=1S/C16H22N4O/c1-11(2)20-15-13(10-18-20)8-14(9-17-15)16(21)19-6-4-12(3)5-7-19/h8-12H,4-7H2,1-3H3. The van der Waals surface area contributed by atoms with Crippen LogP contribution in [0.15, 0.2) is 18.5 Å². The first kappa shape index (κ1) is 14.0. The monoisotopic (exact) mass is 286 g/mol. The largest absolute Gasteiger partial charge is 0.339 e. The first-order valence-electron chi connectivity index (χ1n) is 7.69. The number of aromatic nitrogens is 3. The van der Waals surface area contributed by atoms with E-state index in [4.69, 9.17) is 0 Å². The molecule has 0 saturated carbocycles. The molecule has 0 radical (unpaired) electrons. The maximum absolute atomic E-state index is 12.5. The zero-order valence-electron chi connectivity index (χ0n) is 12.9. The number of amides is 1. The molecule has 2 aromatic rings. The van der Waals surface area contributed by atoms with Crippen LogP contribution in [0.5, 0.6) is 0 Å². The van der Waals surface area contributed by atoms with Gasteiger partial charge >= 0.3 is 0 Å². The molecule has 3 heterocycles. The average molecular weight is 286 g/mol. The molecule has 0 aliphatic carbocycles. The first-order valence-corrected chi connectivity index (χ1v) is 7.69. The lowest BCUT2D eigenvalue weighted by atomic mass is 9.99. The van der Waals surface area contributed by atoms with Crippen LogP contribution in [0.1, 0.15) is 50.0 Å². The maximum atomic E-state index is 12.5. The Bertz CT molecular complexity index is 653. The average Bonchev–Trinajstić information content (AvgIpc) is 2.90. The van der Waals surface area contributed by atoms with Gasteiger partial charge in [-0.05, 0) is 38.7 Å². The van der Waals surface area contributed by atoms with Crippen LogP contribution < -0.4 is 0 Å². The molecule has 0 atom stereocenters. The highest BCUT2D eigenvalue weighted by molar-refractivity contribution is 5.96. The second kappa shape index (κ2) is 5.47. The number of hydrogen-bond donors (Lipinski definition) is 0. The van der Waals surface area contributed by atoms with E-state index in [9.17, 15) is 4.79 Å². The van der Waals surface area contributed by atoms with Gasteiger partial charge in [0, 0.05) is 30.7 Å². The molecule has 0 spiro atoms. The van der Waals surface area contributed by atoms with Crippen molar-refractivity contribution >= 4 is 16.9 Å². The summed E-state index contributed by atoms with van der Waals surface area (Å²) in [7, 11) is 0. The predicted octanol–water partition coefficient (Wildman–Crippen LogP) is 2.88. The third-order valence-corrected chi connectivity index (χ3v) is 4.24. The van der Waals surface area contributed by atoms with E-state index in [1.807, 2.05) is 15.6 Å². The summed E-state index contributed by atoms with van der Waals surface area (Å²) >= 11 is 0. The lowest BCUT2D eigenvalue weighted by Gasteiger charge is -2.30. The molecule has 0 N–H and O–H groups in total. The zero-order valence-corrected chi connectivity index (χ0v) is 12.9. The number of carbonyl (C=O) groups excluding carboxylic acids is 1. The Balaban J connectivity index is 1.86. The molecule has 0 aromatic carbocycles. The zero-order chi connectivity index (χ0) is 15.0. The number of likely N-dealkylation sites (tertiary alicyclic amines) is 1. The van der Waals surface area contributed by atoms with Crippen molar-refractivity contribution in [1.29, 1.82) is 0 Å². The number of pyridine rings is 1. The Hall–Kier alpha value is -1.91. The van der Waals surface area contributed by atoms with Crippen LogP contribution >= 0.6 is 0 Å². The van der Waals surface area contributed by atoms with E-state index in [0.29, 0.717) is 5.56 Å². The number of hydrogen-bond acceptors (Lipinski definition) is 3. The quantitative estimate of drug-likeness (QED) is 0.853. The molecule has 2 aromatic heterocycles. The van der Waals surface area contributed by atoms with Gasteiger partial charge in [-0.25, -0.2) is 9.67 Å². The fraction of sp³-hybridized carbons (Fsp3) is 0.562.